The summed E-state index contributed by atoms with van der Waals surface area (Å²) < 4.78 is 11.5. The molecule has 0 aromatic carbocycles. The average Bonchev–Trinajstić information content (AvgIpc) is 2.08. The molecule has 72 valence electrons. The molecular weight excluding hydrogens is 188 g/mol. The SMILES string of the molecule is CC1CO[Si](C)(CCCS)OC1. The van der Waals surface area contributed by atoms with Crippen molar-refractivity contribution < 1.29 is 8.85 Å². The molecule has 0 aromatic heterocycles. The van der Waals surface area contributed by atoms with Gasteiger partial charge in [-0.2, -0.15) is 12.6 Å². The maximum Gasteiger partial charge on any atom is 0.334 e. The normalized spacial score (nSPS) is 36.8. The fourth-order valence-electron chi connectivity index (χ4n) is 1.27. The van der Waals surface area contributed by atoms with Gasteiger partial charge in [-0.15, -0.1) is 0 Å². The van der Waals surface area contributed by atoms with Crippen LogP contribution in [0.4, 0.5) is 0 Å². The summed E-state index contributed by atoms with van der Waals surface area (Å²) >= 11 is 4.19. The van der Waals surface area contributed by atoms with E-state index in [1.165, 1.54) is 0 Å². The van der Waals surface area contributed by atoms with Gasteiger partial charge in [0.2, 0.25) is 0 Å². The van der Waals surface area contributed by atoms with Crippen LogP contribution in [0.5, 0.6) is 0 Å². The van der Waals surface area contributed by atoms with Crippen molar-refractivity contribution in [3.8, 4) is 0 Å². The molecular formula is C8H18O2SSi. The third-order valence-electron chi connectivity index (χ3n) is 2.14. The summed E-state index contributed by atoms with van der Waals surface area (Å²) in [5.74, 6) is 1.51. The van der Waals surface area contributed by atoms with Crippen LogP contribution in [0.3, 0.4) is 0 Å². The highest BCUT2D eigenvalue weighted by atomic mass is 32.1. The molecule has 1 saturated heterocycles. The maximum absolute atomic E-state index is 5.76. The van der Waals surface area contributed by atoms with Gasteiger partial charge >= 0.3 is 8.56 Å². The van der Waals surface area contributed by atoms with Crippen molar-refractivity contribution in [2.45, 2.75) is 25.9 Å². The second-order valence-electron chi connectivity index (χ2n) is 3.69. The van der Waals surface area contributed by atoms with Crippen molar-refractivity contribution in [2.75, 3.05) is 19.0 Å². The van der Waals surface area contributed by atoms with E-state index < -0.39 is 8.56 Å². The topological polar surface area (TPSA) is 18.5 Å². The van der Waals surface area contributed by atoms with Crippen molar-refractivity contribution in [3.05, 3.63) is 0 Å². The molecule has 2 nitrogen and oxygen atoms in total. The Morgan fingerprint density at radius 3 is 2.50 bits per heavy atom. The van der Waals surface area contributed by atoms with Gasteiger partial charge in [0.1, 0.15) is 0 Å². The number of hydrogen-bond acceptors (Lipinski definition) is 3. The van der Waals surface area contributed by atoms with Gasteiger partial charge in [-0.05, 0) is 24.8 Å². The second-order valence-corrected chi connectivity index (χ2v) is 7.48. The van der Waals surface area contributed by atoms with Gasteiger partial charge in [0.05, 0.1) is 0 Å². The Bertz CT molecular complexity index is 130. The quantitative estimate of drug-likeness (QED) is 0.563. The Morgan fingerprint density at radius 1 is 1.42 bits per heavy atom. The predicted octanol–water partition coefficient (Wildman–Crippen LogP) is 2.06. The molecule has 0 amide bonds. The monoisotopic (exact) mass is 206 g/mol. The van der Waals surface area contributed by atoms with E-state index in [1.54, 1.807) is 0 Å². The van der Waals surface area contributed by atoms with Gasteiger partial charge in [-0.25, -0.2) is 0 Å². The molecule has 0 saturated carbocycles. The molecule has 0 spiro atoms. The van der Waals surface area contributed by atoms with Gasteiger partial charge < -0.3 is 8.85 Å². The highest BCUT2D eigenvalue weighted by molar-refractivity contribution is 7.80. The molecule has 1 fully saturated rings. The third kappa shape index (κ3) is 3.09. The van der Waals surface area contributed by atoms with Gasteiger partial charge in [-0.1, -0.05) is 6.92 Å². The molecule has 1 rings (SSSR count). The lowest BCUT2D eigenvalue weighted by atomic mass is 10.2. The molecule has 1 aliphatic rings. The summed E-state index contributed by atoms with van der Waals surface area (Å²) in [5.41, 5.74) is 0. The van der Waals surface area contributed by atoms with Crippen molar-refractivity contribution >= 4 is 21.2 Å². The average molecular weight is 206 g/mol. The van der Waals surface area contributed by atoms with Crippen LogP contribution in [0.25, 0.3) is 0 Å². The lowest BCUT2D eigenvalue weighted by Crippen LogP contribution is -2.45. The summed E-state index contributed by atoms with van der Waals surface area (Å²) in [6.07, 6.45) is 1.11. The van der Waals surface area contributed by atoms with Crippen LogP contribution in [0.2, 0.25) is 12.6 Å². The van der Waals surface area contributed by atoms with E-state index in [9.17, 15) is 0 Å². The van der Waals surface area contributed by atoms with Crippen LogP contribution < -0.4 is 0 Å². The fraction of sp³-hybridized carbons (Fsp3) is 1.00. The second kappa shape index (κ2) is 4.65. The van der Waals surface area contributed by atoms with E-state index >= 15 is 0 Å². The first kappa shape index (κ1) is 10.6. The van der Waals surface area contributed by atoms with E-state index in [-0.39, 0.29) is 0 Å². The maximum atomic E-state index is 5.76. The van der Waals surface area contributed by atoms with Gasteiger partial charge in [0.25, 0.3) is 0 Å². The molecule has 0 N–H and O–H groups in total. The third-order valence-corrected chi connectivity index (χ3v) is 5.27. The zero-order valence-electron chi connectivity index (χ0n) is 7.88. The Kier molecular flexibility index (Phi) is 4.09. The molecule has 4 heteroatoms. The summed E-state index contributed by atoms with van der Waals surface area (Å²) in [4.78, 5) is 0. The Labute approximate surface area is 81.3 Å². The standard InChI is InChI=1S/C8H18O2SSi/c1-8-6-9-12(2,10-7-8)5-3-4-11/h8,11H,3-7H2,1-2H3. The number of hydrogen-bond donors (Lipinski definition) is 1. The van der Waals surface area contributed by atoms with Gasteiger partial charge in [0.15, 0.2) is 0 Å². The summed E-state index contributed by atoms with van der Waals surface area (Å²) in [6.45, 7) is 6.08. The number of thiol groups is 1. The van der Waals surface area contributed by atoms with Crippen molar-refractivity contribution in [1.29, 1.82) is 0 Å². The lowest BCUT2D eigenvalue weighted by molar-refractivity contribution is 0.0701. The minimum Gasteiger partial charge on any atom is -0.394 e. The predicted molar refractivity (Wildman–Crippen MR) is 56.0 cm³/mol. The lowest BCUT2D eigenvalue weighted by Gasteiger charge is -2.34. The minimum absolute atomic E-state index is 0.571. The smallest absolute Gasteiger partial charge is 0.334 e. The number of rotatable bonds is 3. The summed E-state index contributed by atoms with van der Waals surface area (Å²) in [5, 5.41) is 0. The van der Waals surface area contributed by atoms with Crippen LogP contribution in [0.15, 0.2) is 0 Å². The van der Waals surface area contributed by atoms with Crippen molar-refractivity contribution in [1.82, 2.24) is 0 Å². The Hall–Kier alpha value is 0.487. The first-order chi connectivity index (χ1) is 5.66. The molecule has 0 aliphatic carbocycles. The first-order valence-electron chi connectivity index (χ1n) is 4.55. The van der Waals surface area contributed by atoms with E-state index in [1.807, 2.05) is 0 Å². The molecule has 0 unspecified atom stereocenters. The first-order valence-corrected chi connectivity index (χ1v) is 7.71. The highest BCUT2D eigenvalue weighted by Gasteiger charge is 2.35. The molecule has 1 aliphatic heterocycles. The van der Waals surface area contributed by atoms with E-state index in [0.29, 0.717) is 5.92 Å². The molecule has 12 heavy (non-hydrogen) atoms. The molecule has 0 aromatic rings. The van der Waals surface area contributed by atoms with E-state index in [2.05, 4.69) is 26.1 Å². The van der Waals surface area contributed by atoms with Crippen molar-refractivity contribution in [2.24, 2.45) is 5.92 Å². The summed E-state index contributed by atoms with van der Waals surface area (Å²) in [7, 11) is -1.75. The van der Waals surface area contributed by atoms with Crippen LogP contribution in [0.1, 0.15) is 13.3 Å². The minimum atomic E-state index is -1.75. The summed E-state index contributed by atoms with van der Waals surface area (Å²) in [6, 6.07) is 1.09. The molecule has 0 bridgehead atoms. The molecule has 0 atom stereocenters. The van der Waals surface area contributed by atoms with Crippen LogP contribution >= 0.6 is 12.6 Å². The Balaban J connectivity index is 2.29. The highest BCUT2D eigenvalue weighted by Crippen LogP contribution is 2.22. The van der Waals surface area contributed by atoms with E-state index in [0.717, 1.165) is 31.4 Å². The molecule has 1 heterocycles. The van der Waals surface area contributed by atoms with Crippen LogP contribution in [0, 0.1) is 5.92 Å². The fourth-order valence-corrected chi connectivity index (χ4v) is 4.19. The molecule has 0 radical (unpaired) electrons. The van der Waals surface area contributed by atoms with Gasteiger partial charge in [-0.3, -0.25) is 0 Å². The van der Waals surface area contributed by atoms with Crippen molar-refractivity contribution in [3.63, 3.8) is 0 Å². The van der Waals surface area contributed by atoms with Gasteiger partial charge in [0, 0.05) is 19.1 Å². The van der Waals surface area contributed by atoms with Crippen LogP contribution in [-0.4, -0.2) is 27.5 Å². The largest absolute Gasteiger partial charge is 0.394 e. The Morgan fingerprint density at radius 2 is 2.00 bits per heavy atom. The van der Waals surface area contributed by atoms with E-state index in [4.69, 9.17) is 8.85 Å². The van der Waals surface area contributed by atoms with Crippen LogP contribution in [-0.2, 0) is 8.85 Å². The zero-order chi connectivity index (χ0) is 9.03. The zero-order valence-corrected chi connectivity index (χ0v) is 9.77.